The minimum atomic E-state index is -0.532. The van der Waals surface area contributed by atoms with Gasteiger partial charge < -0.3 is 5.32 Å². The average Bonchev–Trinajstić information content (AvgIpc) is 2.58. The maximum atomic E-state index is 12.6. The van der Waals surface area contributed by atoms with Crippen LogP contribution in [0.25, 0.3) is 10.9 Å². The monoisotopic (exact) mass is 391 g/mol. The van der Waals surface area contributed by atoms with Gasteiger partial charge in [-0.2, -0.15) is 0 Å². The fourth-order valence-electron chi connectivity index (χ4n) is 2.77. The fourth-order valence-corrected chi connectivity index (χ4v) is 3.30. The molecule has 134 valence electrons. The molecule has 0 atom stereocenters. The Bertz CT molecular complexity index is 1100. The molecule has 0 aliphatic carbocycles. The lowest BCUT2D eigenvalue weighted by Crippen LogP contribution is -2.41. The molecular weight excluding hydrogens is 377 g/mol. The molecule has 0 saturated heterocycles. The van der Waals surface area contributed by atoms with E-state index in [2.05, 4.69) is 5.32 Å². The SMILES string of the molecule is CCn1c(=O)c2ccccc2n(CC(=O)Nc2cc(Cl)cc(Cl)c2)c1=O. The molecule has 0 saturated carbocycles. The molecular formula is C18H15Cl2N3O3. The van der Waals surface area contributed by atoms with Crippen LogP contribution in [0.5, 0.6) is 0 Å². The minimum absolute atomic E-state index is 0.216. The zero-order chi connectivity index (χ0) is 18.8. The van der Waals surface area contributed by atoms with Crippen LogP contribution in [0.2, 0.25) is 10.0 Å². The molecule has 0 bridgehead atoms. The number of halogens is 2. The second-order valence-electron chi connectivity index (χ2n) is 5.64. The standard InChI is InChI=1S/C18H15Cl2N3O3/c1-2-22-17(25)14-5-3-4-6-15(14)23(18(22)26)10-16(24)21-13-8-11(19)7-12(20)9-13/h3-9H,2,10H2,1H3,(H,21,24). The van der Waals surface area contributed by atoms with Crippen LogP contribution in [0.3, 0.4) is 0 Å². The van der Waals surface area contributed by atoms with Gasteiger partial charge in [0.1, 0.15) is 6.54 Å². The van der Waals surface area contributed by atoms with E-state index in [1.54, 1.807) is 49.4 Å². The lowest BCUT2D eigenvalue weighted by Gasteiger charge is -2.13. The summed E-state index contributed by atoms with van der Waals surface area (Å²) in [4.78, 5) is 37.5. The van der Waals surface area contributed by atoms with Gasteiger partial charge in [-0.25, -0.2) is 4.79 Å². The quantitative estimate of drug-likeness (QED) is 0.742. The molecule has 3 aromatic rings. The van der Waals surface area contributed by atoms with Crippen LogP contribution in [0, 0.1) is 0 Å². The first-order valence-corrected chi connectivity index (χ1v) is 8.64. The smallest absolute Gasteiger partial charge is 0.324 e. The Morgan fingerprint density at radius 2 is 1.69 bits per heavy atom. The third-order valence-electron chi connectivity index (χ3n) is 3.90. The number of hydrogen-bond acceptors (Lipinski definition) is 3. The number of carbonyl (C=O) groups excluding carboxylic acids is 1. The van der Waals surface area contributed by atoms with Gasteiger partial charge in [-0.05, 0) is 37.3 Å². The summed E-state index contributed by atoms with van der Waals surface area (Å²) in [6.07, 6.45) is 0. The Morgan fingerprint density at radius 1 is 1.04 bits per heavy atom. The normalized spacial score (nSPS) is 10.9. The molecule has 1 amide bonds. The van der Waals surface area contributed by atoms with Crippen LogP contribution < -0.4 is 16.6 Å². The molecule has 0 aliphatic rings. The van der Waals surface area contributed by atoms with Gasteiger partial charge in [0, 0.05) is 22.3 Å². The van der Waals surface area contributed by atoms with Crippen molar-refractivity contribution in [2.24, 2.45) is 0 Å². The van der Waals surface area contributed by atoms with Crippen molar-refractivity contribution in [1.82, 2.24) is 9.13 Å². The van der Waals surface area contributed by atoms with Gasteiger partial charge >= 0.3 is 5.69 Å². The van der Waals surface area contributed by atoms with E-state index >= 15 is 0 Å². The second kappa shape index (κ2) is 7.35. The Hall–Kier alpha value is -2.57. The van der Waals surface area contributed by atoms with Crippen molar-refractivity contribution in [3.05, 3.63) is 73.3 Å². The van der Waals surface area contributed by atoms with Crippen LogP contribution in [0.1, 0.15) is 6.92 Å². The van der Waals surface area contributed by atoms with Gasteiger partial charge in [0.25, 0.3) is 5.56 Å². The van der Waals surface area contributed by atoms with Crippen molar-refractivity contribution < 1.29 is 4.79 Å². The third-order valence-corrected chi connectivity index (χ3v) is 4.33. The van der Waals surface area contributed by atoms with Crippen molar-refractivity contribution in [2.75, 3.05) is 5.32 Å². The Morgan fingerprint density at radius 3 is 2.35 bits per heavy atom. The van der Waals surface area contributed by atoms with Gasteiger partial charge in [-0.1, -0.05) is 35.3 Å². The largest absolute Gasteiger partial charge is 0.331 e. The summed E-state index contributed by atoms with van der Waals surface area (Å²) in [6.45, 7) is 1.67. The van der Waals surface area contributed by atoms with E-state index in [0.717, 1.165) is 4.57 Å². The molecule has 26 heavy (non-hydrogen) atoms. The van der Waals surface area contributed by atoms with E-state index in [4.69, 9.17) is 23.2 Å². The van der Waals surface area contributed by atoms with E-state index in [9.17, 15) is 14.4 Å². The average molecular weight is 392 g/mol. The maximum absolute atomic E-state index is 12.6. The molecule has 0 radical (unpaired) electrons. The predicted molar refractivity (Wildman–Crippen MR) is 103 cm³/mol. The van der Waals surface area contributed by atoms with E-state index in [1.807, 2.05) is 0 Å². The molecule has 3 rings (SSSR count). The Balaban J connectivity index is 2.01. The van der Waals surface area contributed by atoms with Crippen molar-refractivity contribution in [3.63, 3.8) is 0 Å². The fraction of sp³-hybridized carbons (Fsp3) is 0.167. The summed E-state index contributed by atoms with van der Waals surface area (Å²) in [5.41, 5.74) is -0.0676. The molecule has 2 aromatic carbocycles. The number of aromatic nitrogens is 2. The van der Waals surface area contributed by atoms with Crippen LogP contribution in [0.4, 0.5) is 5.69 Å². The minimum Gasteiger partial charge on any atom is -0.324 e. The van der Waals surface area contributed by atoms with Crippen molar-refractivity contribution in [3.8, 4) is 0 Å². The van der Waals surface area contributed by atoms with E-state index < -0.39 is 11.6 Å². The second-order valence-corrected chi connectivity index (χ2v) is 6.51. The first-order valence-electron chi connectivity index (χ1n) is 7.89. The third kappa shape index (κ3) is 3.52. The Labute approximate surface area is 158 Å². The van der Waals surface area contributed by atoms with Gasteiger partial charge in [0.2, 0.25) is 5.91 Å². The summed E-state index contributed by atoms with van der Waals surface area (Å²) >= 11 is 11.9. The van der Waals surface area contributed by atoms with Gasteiger partial charge in [-0.3, -0.25) is 18.7 Å². The number of amides is 1. The zero-order valence-corrected chi connectivity index (χ0v) is 15.3. The number of nitrogens with zero attached hydrogens (tertiary/aromatic N) is 2. The molecule has 1 N–H and O–H groups in total. The molecule has 6 nitrogen and oxygen atoms in total. The highest BCUT2D eigenvalue weighted by Gasteiger charge is 2.14. The highest BCUT2D eigenvalue weighted by atomic mass is 35.5. The van der Waals surface area contributed by atoms with Crippen LogP contribution in [-0.2, 0) is 17.9 Å². The summed E-state index contributed by atoms with van der Waals surface area (Å²) in [6, 6.07) is 11.4. The summed E-state index contributed by atoms with van der Waals surface area (Å²) in [7, 11) is 0. The molecule has 1 heterocycles. The number of anilines is 1. The first-order chi connectivity index (χ1) is 12.4. The molecule has 0 aliphatic heterocycles. The number of benzene rings is 2. The first kappa shape index (κ1) is 18.2. The van der Waals surface area contributed by atoms with E-state index in [-0.39, 0.29) is 18.6 Å². The van der Waals surface area contributed by atoms with E-state index in [1.165, 1.54) is 4.57 Å². The lowest BCUT2D eigenvalue weighted by molar-refractivity contribution is -0.116. The molecule has 8 heteroatoms. The van der Waals surface area contributed by atoms with Crippen molar-refractivity contribution >= 4 is 45.7 Å². The summed E-state index contributed by atoms with van der Waals surface area (Å²) < 4.78 is 2.38. The predicted octanol–water partition coefficient (Wildman–Crippen LogP) is 3.13. The highest BCUT2D eigenvalue weighted by molar-refractivity contribution is 6.35. The van der Waals surface area contributed by atoms with Crippen molar-refractivity contribution in [2.45, 2.75) is 20.0 Å². The van der Waals surface area contributed by atoms with Crippen LogP contribution in [0.15, 0.2) is 52.1 Å². The number of para-hydroxylation sites is 1. The number of nitrogens with one attached hydrogen (secondary N) is 1. The molecule has 0 spiro atoms. The van der Waals surface area contributed by atoms with E-state index in [0.29, 0.717) is 26.6 Å². The molecule has 1 aromatic heterocycles. The molecule has 0 fully saturated rings. The van der Waals surface area contributed by atoms with Crippen molar-refractivity contribution in [1.29, 1.82) is 0 Å². The lowest BCUT2D eigenvalue weighted by atomic mass is 10.2. The number of hydrogen-bond donors (Lipinski definition) is 1. The highest BCUT2D eigenvalue weighted by Crippen LogP contribution is 2.22. The van der Waals surface area contributed by atoms with Gasteiger partial charge in [0.05, 0.1) is 10.9 Å². The summed E-state index contributed by atoms with van der Waals surface area (Å²) in [5.74, 6) is -0.433. The number of rotatable bonds is 4. The Kier molecular flexibility index (Phi) is 5.15. The molecule has 0 unspecified atom stereocenters. The van der Waals surface area contributed by atoms with Crippen LogP contribution in [-0.4, -0.2) is 15.0 Å². The van der Waals surface area contributed by atoms with Gasteiger partial charge in [-0.15, -0.1) is 0 Å². The summed E-state index contributed by atoms with van der Waals surface area (Å²) in [5, 5.41) is 3.81. The van der Waals surface area contributed by atoms with Crippen LogP contribution >= 0.6 is 23.2 Å². The maximum Gasteiger partial charge on any atom is 0.331 e. The number of carbonyl (C=O) groups is 1. The number of fused-ring (bicyclic) bond motifs is 1. The topological polar surface area (TPSA) is 73.1 Å². The van der Waals surface area contributed by atoms with Gasteiger partial charge in [0.15, 0.2) is 0 Å². The zero-order valence-electron chi connectivity index (χ0n) is 13.8.